The summed E-state index contributed by atoms with van der Waals surface area (Å²) in [5, 5.41) is 2.08. The van der Waals surface area contributed by atoms with Gasteiger partial charge >= 0.3 is 0 Å². The number of fused-ring (bicyclic) bond motifs is 1. The van der Waals surface area contributed by atoms with Crippen molar-refractivity contribution in [1.82, 2.24) is 9.88 Å². The van der Waals surface area contributed by atoms with Gasteiger partial charge in [-0.2, -0.15) is 0 Å². The lowest BCUT2D eigenvalue weighted by Crippen LogP contribution is -2.24. The second-order valence-electron chi connectivity index (χ2n) is 5.17. The number of pyridine rings is 1. The van der Waals surface area contributed by atoms with Crippen LogP contribution in [0.3, 0.4) is 0 Å². The van der Waals surface area contributed by atoms with Crippen LogP contribution in [0.2, 0.25) is 0 Å². The molecule has 124 valence electrons. The first-order chi connectivity index (χ1) is 11.3. The Morgan fingerprint density at radius 1 is 1.08 bits per heavy atom. The number of nitrogens with two attached hydrogens (primary N) is 1. The third-order valence-corrected chi connectivity index (χ3v) is 5.54. The number of rotatable bonds is 3. The van der Waals surface area contributed by atoms with E-state index in [1.165, 1.54) is 31.2 Å². The van der Waals surface area contributed by atoms with Crippen LogP contribution in [0, 0.1) is 0 Å². The fraction of sp³-hybridized carbons (Fsp3) is 0.133. The first kappa shape index (κ1) is 15.9. The molecule has 1 aliphatic heterocycles. The summed E-state index contributed by atoms with van der Waals surface area (Å²) in [6, 6.07) is 6.59. The molecule has 9 heteroatoms. The highest BCUT2D eigenvalue weighted by atomic mass is 32.2. The van der Waals surface area contributed by atoms with Gasteiger partial charge < -0.3 is 5.73 Å². The molecule has 2 heterocycles. The van der Waals surface area contributed by atoms with Crippen LogP contribution in [-0.4, -0.2) is 30.6 Å². The summed E-state index contributed by atoms with van der Waals surface area (Å²) in [5.74, 6) is -1.57. The second kappa shape index (κ2) is 5.31. The fourth-order valence-corrected chi connectivity index (χ4v) is 3.40. The molecule has 3 N–H and O–H groups in total. The summed E-state index contributed by atoms with van der Waals surface area (Å²) in [5.41, 5.74) is 5.47. The summed E-state index contributed by atoms with van der Waals surface area (Å²) in [4.78, 5) is 35.8. The lowest BCUT2D eigenvalue weighted by atomic mass is 10.1. The number of benzene rings is 1. The molecule has 0 bridgehead atoms. The average Bonchev–Trinajstić information content (AvgIpc) is 2.82. The number of carbonyl (C=O) groups excluding carboxylic acids is 2. The highest BCUT2D eigenvalue weighted by Crippen LogP contribution is 2.23. The van der Waals surface area contributed by atoms with Crippen molar-refractivity contribution in [3.8, 4) is 5.69 Å². The van der Waals surface area contributed by atoms with Crippen molar-refractivity contribution in [2.45, 2.75) is 11.8 Å². The Labute approximate surface area is 136 Å². The molecule has 0 spiro atoms. The first-order valence-corrected chi connectivity index (χ1v) is 8.66. The zero-order valence-electron chi connectivity index (χ0n) is 12.6. The van der Waals surface area contributed by atoms with E-state index in [9.17, 15) is 22.8 Å². The predicted octanol–water partition coefficient (Wildman–Crippen LogP) is 0.0969. The third-order valence-electron chi connectivity index (χ3n) is 3.79. The number of nitrogens with one attached hydrogen (secondary N) is 1. The van der Waals surface area contributed by atoms with E-state index in [0.29, 0.717) is 5.69 Å². The summed E-state index contributed by atoms with van der Waals surface area (Å²) in [7, 11) is -3.37. The minimum Gasteiger partial charge on any atom is -0.384 e. The summed E-state index contributed by atoms with van der Waals surface area (Å²) in [6.07, 6.45) is 0. The van der Waals surface area contributed by atoms with E-state index in [2.05, 4.69) is 5.32 Å². The zero-order valence-corrected chi connectivity index (χ0v) is 13.4. The number of anilines is 1. The maximum absolute atomic E-state index is 12.3. The molecule has 0 aliphatic carbocycles. The van der Waals surface area contributed by atoms with Gasteiger partial charge in [-0.25, -0.2) is 8.42 Å². The number of hydrogen-bond acceptors (Lipinski definition) is 6. The molecule has 0 saturated carbocycles. The Hall–Kier alpha value is -2.94. The van der Waals surface area contributed by atoms with Crippen molar-refractivity contribution in [3.05, 3.63) is 51.8 Å². The second-order valence-corrected chi connectivity index (χ2v) is 7.45. The summed E-state index contributed by atoms with van der Waals surface area (Å²) < 4.78 is 24.7. The Kier molecular flexibility index (Phi) is 3.52. The van der Waals surface area contributed by atoms with Gasteiger partial charge in [0.2, 0.25) is 0 Å². The molecule has 0 atom stereocenters. The number of nitrogen functional groups attached to an aromatic ring is 1. The molecular weight excluding hydrogens is 334 g/mol. The zero-order chi connectivity index (χ0) is 17.6. The number of amides is 2. The minimum absolute atomic E-state index is 0.0461. The van der Waals surface area contributed by atoms with Gasteiger partial charge in [-0.3, -0.25) is 24.3 Å². The molecule has 0 radical (unpaired) electrons. The molecule has 24 heavy (non-hydrogen) atoms. The standard InChI is InChI=1S/C15H13N3O5S/c1-2-24(22,23)9-5-3-8(4-6-9)18-11(19)7-10-12(13(18)16)15(21)17-14(10)20/h3-7H,2,16H2,1H3,(H,17,20,21). The van der Waals surface area contributed by atoms with Gasteiger partial charge in [-0.1, -0.05) is 6.92 Å². The van der Waals surface area contributed by atoms with Gasteiger partial charge in [0.15, 0.2) is 9.84 Å². The van der Waals surface area contributed by atoms with Crippen molar-refractivity contribution in [1.29, 1.82) is 0 Å². The molecule has 3 rings (SSSR count). The Morgan fingerprint density at radius 3 is 2.29 bits per heavy atom. The van der Waals surface area contributed by atoms with Crippen LogP contribution in [0.5, 0.6) is 0 Å². The summed E-state index contributed by atoms with van der Waals surface area (Å²) in [6.45, 7) is 1.53. The van der Waals surface area contributed by atoms with Crippen molar-refractivity contribution in [3.63, 3.8) is 0 Å². The van der Waals surface area contributed by atoms with Crippen LogP contribution in [-0.2, 0) is 9.84 Å². The van der Waals surface area contributed by atoms with Crippen LogP contribution in [0.4, 0.5) is 5.82 Å². The normalized spacial score (nSPS) is 13.7. The molecule has 8 nitrogen and oxygen atoms in total. The van der Waals surface area contributed by atoms with E-state index >= 15 is 0 Å². The lowest BCUT2D eigenvalue weighted by molar-refractivity contribution is 0.0880. The molecule has 1 aliphatic rings. The van der Waals surface area contributed by atoms with Crippen LogP contribution in [0.15, 0.2) is 40.0 Å². The van der Waals surface area contributed by atoms with Crippen molar-refractivity contribution < 1.29 is 18.0 Å². The fourth-order valence-electron chi connectivity index (χ4n) is 2.51. The molecule has 1 aromatic carbocycles. The molecule has 0 fully saturated rings. The predicted molar refractivity (Wildman–Crippen MR) is 86.0 cm³/mol. The quantitative estimate of drug-likeness (QED) is 0.758. The highest BCUT2D eigenvalue weighted by Gasteiger charge is 2.31. The van der Waals surface area contributed by atoms with Gasteiger partial charge in [0, 0.05) is 6.07 Å². The minimum atomic E-state index is -3.37. The van der Waals surface area contributed by atoms with Crippen LogP contribution < -0.4 is 16.6 Å². The number of hydrogen-bond donors (Lipinski definition) is 2. The molecule has 0 saturated heterocycles. The maximum atomic E-state index is 12.3. The van der Waals surface area contributed by atoms with E-state index in [1.807, 2.05) is 0 Å². The van der Waals surface area contributed by atoms with Gasteiger partial charge in [0.25, 0.3) is 17.4 Å². The number of imide groups is 1. The van der Waals surface area contributed by atoms with Crippen LogP contribution in [0.25, 0.3) is 5.69 Å². The Morgan fingerprint density at radius 2 is 1.71 bits per heavy atom. The molecular formula is C15H13N3O5S. The molecule has 0 unspecified atom stereocenters. The number of carbonyl (C=O) groups is 2. The largest absolute Gasteiger partial charge is 0.384 e. The van der Waals surface area contributed by atoms with E-state index < -0.39 is 27.2 Å². The SMILES string of the molecule is CCS(=O)(=O)c1ccc(-n2c(N)c3c(cc2=O)C(=O)NC3=O)cc1. The lowest BCUT2D eigenvalue weighted by Gasteiger charge is -2.12. The van der Waals surface area contributed by atoms with E-state index in [0.717, 1.165) is 10.6 Å². The maximum Gasteiger partial charge on any atom is 0.262 e. The third kappa shape index (κ3) is 2.29. The first-order valence-electron chi connectivity index (χ1n) is 7.00. The van der Waals surface area contributed by atoms with E-state index in [1.54, 1.807) is 0 Å². The molecule has 1 aromatic heterocycles. The molecule has 2 aromatic rings. The smallest absolute Gasteiger partial charge is 0.262 e. The molecule has 2 amide bonds. The van der Waals surface area contributed by atoms with Gasteiger partial charge in [0.05, 0.1) is 27.5 Å². The Balaban J connectivity index is 2.18. The monoisotopic (exact) mass is 347 g/mol. The van der Waals surface area contributed by atoms with Gasteiger partial charge in [-0.05, 0) is 24.3 Å². The van der Waals surface area contributed by atoms with Crippen molar-refractivity contribution in [2.75, 3.05) is 11.5 Å². The average molecular weight is 347 g/mol. The topological polar surface area (TPSA) is 128 Å². The van der Waals surface area contributed by atoms with Crippen molar-refractivity contribution >= 4 is 27.5 Å². The summed E-state index contributed by atoms with van der Waals surface area (Å²) >= 11 is 0. The number of nitrogens with zero attached hydrogens (tertiary/aromatic N) is 1. The van der Waals surface area contributed by atoms with Crippen LogP contribution in [0.1, 0.15) is 27.6 Å². The van der Waals surface area contributed by atoms with E-state index in [-0.39, 0.29) is 27.6 Å². The van der Waals surface area contributed by atoms with Gasteiger partial charge in [0.1, 0.15) is 5.82 Å². The van der Waals surface area contributed by atoms with E-state index in [4.69, 9.17) is 5.73 Å². The number of sulfone groups is 1. The van der Waals surface area contributed by atoms with Crippen molar-refractivity contribution in [2.24, 2.45) is 0 Å². The van der Waals surface area contributed by atoms with Crippen LogP contribution >= 0.6 is 0 Å². The number of aromatic nitrogens is 1. The Bertz CT molecular complexity index is 1040. The highest BCUT2D eigenvalue weighted by molar-refractivity contribution is 7.91. The van der Waals surface area contributed by atoms with Gasteiger partial charge in [-0.15, -0.1) is 0 Å².